The number of carbonyl (C=O) groups is 3. The van der Waals surface area contributed by atoms with Gasteiger partial charge in [0.05, 0.1) is 5.69 Å². The summed E-state index contributed by atoms with van der Waals surface area (Å²) in [7, 11) is 0. The average molecular weight is 451 g/mol. The van der Waals surface area contributed by atoms with Gasteiger partial charge in [-0.2, -0.15) is 0 Å². The lowest BCUT2D eigenvalue weighted by atomic mass is 10.0. The normalized spacial score (nSPS) is 13.6. The first-order valence-corrected chi connectivity index (χ1v) is 10.1. The number of carbonyl (C=O) groups excluding carboxylic acids is 2. The Balaban J connectivity index is 1.37. The summed E-state index contributed by atoms with van der Waals surface area (Å²) >= 11 is 0. The molecule has 3 aromatic rings. The lowest BCUT2D eigenvalue weighted by molar-refractivity contribution is -0.140. The number of urea groups is 1. The molecule has 4 rings (SSSR count). The van der Waals surface area contributed by atoms with Gasteiger partial charge in [-0.3, -0.25) is 4.79 Å². The molecular weight excluding hydrogens is 432 g/mol. The minimum atomic E-state index is -1.15. The number of benzene rings is 3. The van der Waals surface area contributed by atoms with Crippen LogP contribution in [-0.2, 0) is 4.79 Å². The van der Waals surface area contributed by atoms with Crippen molar-refractivity contribution in [3.8, 4) is 11.1 Å². The van der Waals surface area contributed by atoms with E-state index in [1.807, 2.05) is 0 Å². The second kappa shape index (κ2) is 8.70. The number of halogens is 2. The van der Waals surface area contributed by atoms with Crippen molar-refractivity contribution in [1.82, 2.24) is 5.32 Å². The summed E-state index contributed by atoms with van der Waals surface area (Å²) < 4.78 is 26.6. The third-order valence-corrected chi connectivity index (χ3v) is 5.31. The Bertz CT molecular complexity index is 1220. The van der Waals surface area contributed by atoms with Crippen molar-refractivity contribution in [2.75, 3.05) is 10.6 Å². The minimum absolute atomic E-state index is 0.148. The molecule has 0 aromatic heterocycles. The van der Waals surface area contributed by atoms with Crippen molar-refractivity contribution in [3.63, 3.8) is 0 Å². The SMILES string of the molecule is O=C(Nc1ccc(-c2ccc(C(=O)NC3(C(=O)O)CC3)cc2)cc1)Nc1ccc(F)cc1F. The molecule has 1 fully saturated rings. The molecule has 0 aliphatic heterocycles. The molecule has 168 valence electrons. The van der Waals surface area contributed by atoms with Crippen molar-refractivity contribution in [2.45, 2.75) is 18.4 Å². The molecular formula is C24H19F2N3O4. The molecule has 0 heterocycles. The van der Waals surface area contributed by atoms with E-state index in [1.54, 1.807) is 48.5 Å². The fourth-order valence-corrected chi connectivity index (χ4v) is 3.24. The van der Waals surface area contributed by atoms with Crippen LogP contribution >= 0.6 is 0 Å². The maximum Gasteiger partial charge on any atom is 0.329 e. The van der Waals surface area contributed by atoms with E-state index in [-0.39, 0.29) is 5.69 Å². The van der Waals surface area contributed by atoms with Gasteiger partial charge in [-0.1, -0.05) is 24.3 Å². The van der Waals surface area contributed by atoms with Gasteiger partial charge >= 0.3 is 12.0 Å². The summed E-state index contributed by atoms with van der Waals surface area (Å²) in [6.07, 6.45) is 0.840. The molecule has 1 aliphatic carbocycles. The lowest BCUT2D eigenvalue weighted by Gasteiger charge is -2.12. The molecule has 0 spiro atoms. The molecule has 0 unspecified atom stereocenters. The summed E-state index contributed by atoms with van der Waals surface area (Å²) in [4.78, 5) is 35.6. The van der Waals surface area contributed by atoms with Crippen LogP contribution in [0.1, 0.15) is 23.2 Å². The van der Waals surface area contributed by atoms with Crippen LogP contribution in [0.15, 0.2) is 66.7 Å². The first kappa shape index (κ1) is 21.9. The Morgan fingerprint density at radius 3 is 1.97 bits per heavy atom. The Labute approximate surface area is 187 Å². The number of amides is 3. The summed E-state index contributed by atoms with van der Waals surface area (Å²) in [5.74, 6) is -3.09. The Hall–Kier alpha value is -4.27. The van der Waals surface area contributed by atoms with E-state index >= 15 is 0 Å². The monoisotopic (exact) mass is 451 g/mol. The van der Waals surface area contributed by atoms with Crippen LogP contribution < -0.4 is 16.0 Å². The summed E-state index contributed by atoms with van der Waals surface area (Å²) in [5, 5.41) is 16.6. The van der Waals surface area contributed by atoms with Crippen LogP contribution in [-0.4, -0.2) is 28.6 Å². The van der Waals surface area contributed by atoms with E-state index in [0.29, 0.717) is 30.2 Å². The number of aliphatic carboxylic acids is 1. The number of nitrogens with one attached hydrogen (secondary N) is 3. The summed E-state index contributed by atoms with van der Waals surface area (Å²) in [6, 6.07) is 15.7. The van der Waals surface area contributed by atoms with E-state index in [4.69, 9.17) is 0 Å². The predicted octanol–water partition coefficient (Wildman–Crippen LogP) is 4.62. The highest BCUT2D eigenvalue weighted by Crippen LogP contribution is 2.35. The highest BCUT2D eigenvalue weighted by atomic mass is 19.1. The topological polar surface area (TPSA) is 108 Å². The maximum atomic E-state index is 13.7. The van der Waals surface area contributed by atoms with Gasteiger partial charge in [0.2, 0.25) is 0 Å². The van der Waals surface area contributed by atoms with Gasteiger partial charge < -0.3 is 21.1 Å². The third kappa shape index (κ3) is 4.98. The van der Waals surface area contributed by atoms with Crippen LogP contribution in [0.2, 0.25) is 0 Å². The molecule has 1 saturated carbocycles. The van der Waals surface area contributed by atoms with E-state index < -0.39 is 35.1 Å². The van der Waals surface area contributed by atoms with Crippen molar-refractivity contribution in [2.24, 2.45) is 0 Å². The van der Waals surface area contributed by atoms with E-state index in [0.717, 1.165) is 23.3 Å². The Morgan fingerprint density at radius 1 is 0.818 bits per heavy atom. The van der Waals surface area contributed by atoms with Gasteiger partial charge in [-0.25, -0.2) is 18.4 Å². The van der Waals surface area contributed by atoms with E-state index in [2.05, 4.69) is 16.0 Å². The van der Waals surface area contributed by atoms with Crippen molar-refractivity contribution < 1.29 is 28.3 Å². The van der Waals surface area contributed by atoms with Gasteiger partial charge in [0.15, 0.2) is 0 Å². The highest BCUT2D eigenvalue weighted by Gasteiger charge is 2.51. The summed E-state index contributed by atoms with van der Waals surface area (Å²) in [5.41, 5.74) is 1.16. The second-order valence-corrected chi connectivity index (χ2v) is 7.70. The zero-order chi connectivity index (χ0) is 23.6. The highest BCUT2D eigenvalue weighted by molar-refractivity contribution is 6.00. The van der Waals surface area contributed by atoms with Gasteiger partial charge in [-0.05, 0) is 60.4 Å². The molecule has 4 N–H and O–H groups in total. The molecule has 0 radical (unpaired) electrons. The third-order valence-electron chi connectivity index (χ3n) is 5.31. The van der Waals surface area contributed by atoms with Gasteiger partial charge in [-0.15, -0.1) is 0 Å². The van der Waals surface area contributed by atoms with E-state index in [1.165, 1.54) is 0 Å². The van der Waals surface area contributed by atoms with Crippen molar-refractivity contribution >= 4 is 29.3 Å². The molecule has 0 saturated heterocycles. The standard InChI is InChI=1S/C24H19F2N3O4/c25-17-7-10-20(19(26)13-17)28-23(33)27-18-8-5-15(6-9-18)14-1-3-16(4-2-14)21(30)29-24(11-12-24)22(31)32/h1-10,13H,11-12H2,(H,29,30)(H,31,32)(H2,27,28,33). The number of carboxylic acid groups (broad SMARTS) is 1. The Kier molecular flexibility index (Phi) is 5.78. The maximum absolute atomic E-state index is 13.7. The zero-order valence-corrected chi connectivity index (χ0v) is 17.2. The smallest absolute Gasteiger partial charge is 0.329 e. The molecule has 0 bridgehead atoms. The van der Waals surface area contributed by atoms with Gasteiger partial charge in [0.25, 0.3) is 5.91 Å². The van der Waals surface area contributed by atoms with Crippen molar-refractivity contribution in [1.29, 1.82) is 0 Å². The molecule has 1 aliphatic rings. The average Bonchev–Trinajstić information content (AvgIpc) is 3.57. The molecule has 9 heteroatoms. The number of hydrogen-bond acceptors (Lipinski definition) is 3. The fraction of sp³-hybridized carbons (Fsp3) is 0.125. The van der Waals surface area contributed by atoms with Gasteiger partial charge in [0, 0.05) is 17.3 Å². The largest absolute Gasteiger partial charge is 0.480 e. The minimum Gasteiger partial charge on any atom is -0.480 e. The second-order valence-electron chi connectivity index (χ2n) is 7.70. The molecule has 3 aromatic carbocycles. The zero-order valence-electron chi connectivity index (χ0n) is 17.2. The first-order chi connectivity index (χ1) is 15.8. The Morgan fingerprint density at radius 2 is 1.42 bits per heavy atom. The number of carboxylic acids is 1. The lowest BCUT2D eigenvalue weighted by Crippen LogP contribution is -2.43. The summed E-state index contributed by atoms with van der Waals surface area (Å²) in [6.45, 7) is 0. The molecule has 7 nitrogen and oxygen atoms in total. The van der Waals surface area contributed by atoms with Crippen LogP contribution in [0.4, 0.5) is 25.0 Å². The van der Waals surface area contributed by atoms with Crippen LogP contribution in [0.5, 0.6) is 0 Å². The van der Waals surface area contributed by atoms with Crippen LogP contribution in [0.3, 0.4) is 0 Å². The number of rotatable bonds is 6. The van der Waals surface area contributed by atoms with Gasteiger partial charge in [0.1, 0.15) is 17.2 Å². The van der Waals surface area contributed by atoms with Crippen LogP contribution in [0, 0.1) is 11.6 Å². The van der Waals surface area contributed by atoms with E-state index in [9.17, 15) is 28.3 Å². The number of anilines is 2. The first-order valence-electron chi connectivity index (χ1n) is 10.1. The quantitative estimate of drug-likeness (QED) is 0.439. The predicted molar refractivity (Wildman–Crippen MR) is 118 cm³/mol. The molecule has 0 atom stereocenters. The molecule has 3 amide bonds. The molecule has 33 heavy (non-hydrogen) atoms. The number of hydrogen-bond donors (Lipinski definition) is 4. The van der Waals surface area contributed by atoms with Crippen LogP contribution in [0.25, 0.3) is 11.1 Å². The fourth-order valence-electron chi connectivity index (χ4n) is 3.24. The van der Waals surface area contributed by atoms with Crippen molar-refractivity contribution in [3.05, 3.63) is 83.9 Å².